The number of benzene rings is 2. The molecule has 0 aliphatic heterocycles. The number of ether oxygens (including phenoxy) is 1. The maximum absolute atomic E-state index is 10.9. The Morgan fingerprint density at radius 1 is 1.06 bits per heavy atom. The summed E-state index contributed by atoms with van der Waals surface area (Å²) in [6.45, 7) is 16.3. The monoisotopic (exact) mass is 490 g/mol. The molecular weight excluding hydrogens is 440 g/mol. The molecule has 2 heteroatoms. The molecule has 4 unspecified atom stereocenters. The number of unbranched alkanes of at least 4 members (excludes halogenated alkanes) is 3. The van der Waals surface area contributed by atoms with Crippen molar-refractivity contribution < 1.29 is 9.84 Å². The molecule has 2 aromatic carbocycles. The van der Waals surface area contributed by atoms with Crippen LogP contribution in [0.1, 0.15) is 115 Å². The van der Waals surface area contributed by atoms with Gasteiger partial charge in [0, 0.05) is 0 Å². The van der Waals surface area contributed by atoms with E-state index in [4.69, 9.17) is 4.74 Å². The SMILES string of the molecule is C=C(C)CC1C(C)CCC(O)CC1c1ccc(C(C)(C)CCCCCC)cc1OCc1ccccc1. The van der Waals surface area contributed by atoms with Gasteiger partial charge >= 0.3 is 0 Å². The molecule has 2 nitrogen and oxygen atoms in total. The average Bonchev–Trinajstić information content (AvgIpc) is 2.99. The Morgan fingerprint density at radius 2 is 1.81 bits per heavy atom. The second kappa shape index (κ2) is 13.5. The molecule has 0 amide bonds. The van der Waals surface area contributed by atoms with E-state index in [9.17, 15) is 5.11 Å². The van der Waals surface area contributed by atoms with Gasteiger partial charge in [0.15, 0.2) is 0 Å². The Balaban J connectivity index is 1.97. The van der Waals surface area contributed by atoms with Gasteiger partial charge in [-0.2, -0.15) is 0 Å². The van der Waals surface area contributed by atoms with E-state index in [1.807, 2.05) is 6.07 Å². The lowest BCUT2D eigenvalue weighted by Gasteiger charge is -2.33. The van der Waals surface area contributed by atoms with Crippen LogP contribution >= 0.6 is 0 Å². The first kappa shape index (κ1) is 28.5. The fraction of sp³-hybridized carbons (Fsp3) is 0.588. The Kier molecular flexibility index (Phi) is 10.7. The van der Waals surface area contributed by atoms with Crippen molar-refractivity contribution in [2.75, 3.05) is 0 Å². The van der Waals surface area contributed by atoms with E-state index in [2.05, 4.69) is 83.7 Å². The van der Waals surface area contributed by atoms with Crippen LogP contribution in [0.2, 0.25) is 0 Å². The highest BCUT2D eigenvalue weighted by Gasteiger charge is 2.35. The number of allylic oxidation sites excluding steroid dienone is 1. The highest BCUT2D eigenvalue weighted by Crippen LogP contribution is 2.46. The molecule has 0 aromatic heterocycles. The lowest BCUT2D eigenvalue weighted by atomic mass is 9.73. The Labute approximate surface area is 221 Å². The zero-order chi connectivity index (χ0) is 26.1. The summed E-state index contributed by atoms with van der Waals surface area (Å²) < 4.78 is 6.62. The van der Waals surface area contributed by atoms with Crippen LogP contribution in [0.5, 0.6) is 5.75 Å². The van der Waals surface area contributed by atoms with Gasteiger partial charge in [-0.3, -0.25) is 0 Å². The van der Waals surface area contributed by atoms with Crippen LogP contribution in [-0.4, -0.2) is 11.2 Å². The predicted octanol–water partition coefficient (Wildman–Crippen LogP) is 9.36. The molecule has 198 valence electrons. The van der Waals surface area contributed by atoms with E-state index in [1.54, 1.807) is 0 Å². The van der Waals surface area contributed by atoms with Gasteiger partial charge in [0.1, 0.15) is 12.4 Å². The van der Waals surface area contributed by atoms with E-state index >= 15 is 0 Å². The van der Waals surface area contributed by atoms with Crippen molar-refractivity contribution in [1.29, 1.82) is 0 Å². The molecule has 0 heterocycles. The molecule has 0 saturated heterocycles. The summed E-state index contributed by atoms with van der Waals surface area (Å²) >= 11 is 0. The van der Waals surface area contributed by atoms with Crippen LogP contribution in [0.4, 0.5) is 0 Å². The predicted molar refractivity (Wildman–Crippen MR) is 154 cm³/mol. The molecule has 0 spiro atoms. The molecule has 2 aromatic rings. The van der Waals surface area contributed by atoms with Gasteiger partial charge in [0.25, 0.3) is 0 Å². The van der Waals surface area contributed by atoms with E-state index in [1.165, 1.54) is 54.4 Å². The fourth-order valence-electron chi connectivity index (χ4n) is 6.02. The summed E-state index contributed by atoms with van der Waals surface area (Å²) in [7, 11) is 0. The highest BCUT2D eigenvalue weighted by molar-refractivity contribution is 5.43. The minimum Gasteiger partial charge on any atom is -0.489 e. The van der Waals surface area contributed by atoms with Crippen molar-refractivity contribution in [2.24, 2.45) is 11.8 Å². The van der Waals surface area contributed by atoms with E-state index in [-0.39, 0.29) is 17.4 Å². The first-order chi connectivity index (χ1) is 17.2. The summed E-state index contributed by atoms with van der Waals surface area (Å²) in [4.78, 5) is 0. The molecule has 1 aliphatic rings. The van der Waals surface area contributed by atoms with E-state index in [0.717, 1.165) is 31.4 Å². The van der Waals surface area contributed by atoms with Gasteiger partial charge in [0.05, 0.1) is 6.10 Å². The number of aliphatic hydroxyl groups excluding tert-OH is 1. The van der Waals surface area contributed by atoms with Crippen LogP contribution in [0, 0.1) is 11.8 Å². The minimum atomic E-state index is -0.260. The lowest BCUT2D eigenvalue weighted by molar-refractivity contribution is 0.147. The van der Waals surface area contributed by atoms with Crippen molar-refractivity contribution in [1.82, 2.24) is 0 Å². The summed E-state index contributed by atoms with van der Waals surface area (Å²) in [5, 5.41) is 10.9. The minimum absolute atomic E-state index is 0.102. The number of rotatable bonds is 12. The number of hydrogen-bond acceptors (Lipinski definition) is 2. The summed E-state index contributed by atoms with van der Waals surface area (Å²) in [5.74, 6) is 2.27. The molecule has 1 fully saturated rings. The fourth-order valence-corrected chi connectivity index (χ4v) is 6.02. The van der Waals surface area contributed by atoms with Crippen molar-refractivity contribution in [3.63, 3.8) is 0 Å². The van der Waals surface area contributed by atoms with Crippen molar-refractivity contribution in [3.8, 4) is 5.75 Å². The summed E-state index contributed by atoms with van der Waals surface area (Å²) in [5.41, 5.74) is 5.12. The molecule has 36 heavy (non-hydrogen) atoms. The van der Waals surface area contributed by atoms with Crippen molar-refractivity contribution in [2.45, 2.75) is 116 Å². The Hall–Kier alpha value is -2.06. The Bertz CT molecular complexity index is 945. The zero-order valence-electron chi connectivity index (χ0n) is 23.6. The van der Waals surface area contributed by atoms with Crippen LogP contribution in [0.25, 0.3) is 0 Å². The second-order valence-electron chi connectivity index (χ2n) is 12.1. The van der Waals surface area contributed by atoms with Gasteiger partial charge in [-0.05, 0) is 85.0 Å². The van der Waals surface area contributed by atoms with Crippen LogP contribution in [0.15, 0.2) is 60.7 Å². The molecule has 1 aliphatic carbocycles. The first-order valence-corrected chi connectivity index (χ1v) is 14.3. The molecule has 0 radical (unpaired) electrons. The standard InChI is InChI=1S/C34H50O2/c1-7-8-9-13-20-34(5,6)28-17-19-30(33(22-28)36-24-27-14-11-10-12-15-27)32-23-29(35)18-16-26(4)31(32)21-25(2)3/h10-12,14-15,17,19,22,26,29,31-32,35H,2,7-9,13,16,18,20-21,23-24H2,1,3-6H3. The summed E-state index contributed by atoms with van der Waals surface area (Å²) in [6.07, 6.45) is 9.81. The smallest absolute Gasteiger partial charge is 0.123 e. The van der Waals surface area contributed by atoms with Gasteiger partial charge < -0.3 is 9.84 Å². The highest BCUT2D eigenvalue weighted by atomic mass is 16.5. The third-order valence-corrected chi connectivity index (χ3v) is 8.40. The third-order valence-electron chi connectivity index (χ3n) is 8.40. The molecule has 1 N–H and O–H groups in total. The van der Waals surface area contributed by atoms with E-state index < -0.39 is 0 Å². The van der Waals surface area contributed by atoms with E-state index in [0.29, 0.717) is 18.4 Å². The maximum atomic E-state index is 10.9. The van der Waals surface area contributed by atoms with Crippen LogP contribution in [0.3, 0.4) is 0 Å². The molecular formula is C34H50O2. The first-order valence-electron chi connectivity index (χ1n) is 14.3. The maximum Gasteiger partial charge on any atom is 0.123 e. The Morgan fingerprint density at radius 3 is 2.50 bits per heavy atom. The van der Waals surface area contributed by atoms with Crippen LogP contribution < -0.4 is 4.74 Å². The number of hydrogen-bond donors (Lipinski definition) is 1. The third kappa shape index (κ3) is 7.97. The normalized spacial score (nSPS) is 22.7. The largest absolute Gasteiger partial charge is 0.489 e. The van der Waals surface area contributed by atoms with Gasteiger partial charge in [-0.1, -0.05) is 101 Å². The average molecular weight is 491 g/mol. The summed E-state index contributed by atoms with van der Waals surface area (Å²) in [6, 6.07) is 17.4. The topological polar surface area (TPSA) is 29.5 Å². The second-order valence-corrected chi connectivity index (χ2v) is 12.1. The zero-order valence-corrected chi connectivity index (χ0v) is 23.6. The van der Waals surface area contributed by atoms with Gasteiger partial charge in [-0.15, -0.1) is 6.58 Å². The lowest BCUT2D eigenvalue weighted by Crippen LogP contribution is -2.22. The molecule has 1 saturated carbocycles. The molecule has 3 rings (SSSR count). The van der Waals surface area contributed by atoms with Crippen molar-refractivity contribution in [3.05, 3.63) is 77.4 Å². The number of aliphatic hydroxyl groups is 1. The quantitative estimate of drug-likeness (QED) is 0.182. The van der Waals surface area contributed by atoms with Gasteiger partial charge in [0.2, 0.25) is 0 Å². The van der Waals surface area contributed by atoms with Gasteiger partial charge in [-0.25, -0.2) is 0 Å². The molecule has 4 atom stereocenters. The van der Waals surface area contributed by atoms with Crippen LogP contribution in [-0.2, 0) is 12.0 Å². The molecule has 0 bridgehead atoms. The van der Waals surface area contributed by atoms with Crippen molar-refractivity contribution >= 4 is 0 Å².